The zero-order chi connectivity index (χ0) is 19.7. The number of anilines is 1. The lowest BCUT2D eigenvalue weighted by atomic mass is 10.2. The molecule has 0 fully saturated rings. The molecule has 0 atom stereocenters. The van der Waals surface area contributed by atoms with Crippen LogP contribution < -0.4 is 14.8 Å². The zero-order valence-corrected chi connectivity index (χ0v) is 15.9. The SMILES string of the molecule is COc1cc(NC(=O)c2csc3nc(-c4ccc(F)cc4)cn23)cc(OC)c1. The van der Waals surface area contributed by atoms with Crippen molar-refractivity contribution >= 4 is 27.9 Å². The van der Waals surface area contributed by atoms with E-state index in [1.807, 2.05) is 0 Å². The van der Waals surface area contributed by atoms with E-state index in [0.717, 1.165) is 5.56 Å². The second-order valence-electron chi connectivity index (χ2n) is 5.96. The van der Waals surface area contributed by atoms with E-state index >= 15 is 0 Å². The number of carbonyl (C=O) groups is 1. The molecule has 1 N–H and O–H groups in total. The van der Waals surface area contributed by atoms with Crippen molar-refractivity contribution < 1.29 is 18.7 Å². The van der Waals surface area contributed by atoms with Crippen LogP contribution in [0.3, 0.4) is 0 Å². The maximum Gasteiger partial charge on any atom is 0.273 e. The largest absolute Gasteiger partial charge is 0.497 e. The first-order valence-corrected chi connectivity index (χ1v) is 9.22. The molecule has 4 rings (SSSR count). The predicted octanol–water partition coefficient (Wildman–Crippen LogP) is 4.47. The maximum atomic E-state index is 13.1. The Morgan fingerprint density at radius 2 is 1.79 bits per heavy atom. The third kappa shape index (κ3) is 3.41. The van der Waals surface area contributed by atoms with Gasteiger partial charge in [0.05, 0.1) is 19.9 Å². The number of nitrogens with zero attached hydrogens (tertiary/aromatic N) is 2. The maximum absolute atomic E-state index is 13.1. The molecule has 0 aliphatic heterocycles. The van der Waals surface area contributed by atoms with Gasteiger partial charge in [0.15, 0.2) is 4.96 Å². The topological polar surface area (TPSA) is 64.9 Å². The highest BCUT2D eigenvalue weighted by Gasteiger charge is 2.16. The van der Waals surface area contributed by atoms with E-state index in [2.05, 4.69) is 10.3 Å². The minimum absolute atomic E-state index is 0.287. The van der Waals surface area contributed by atoms with Crippen molar-refractivity contribution in [2.45, 2.75) is 0 Å². The van der Waals surface area contributed by atoms with Crippen LogP contribution in [0.4, 0.5) is 10.1 Å². The number of halogens is 1. The van der Waals surface area contributed by atoms with Crippen molar-refractivity contribution in [2.24, 2.45) is 0 Å². The number of hydrogen-bond donors (Lipinski definition) is 1. The molecule has 0 bridgehead atoms. The van der Waals surface area contributed by atoms with Crippen molar-refractivity contribution in [1.29, 1.82) is 0 Å². The minimum Gasteiger partial charge on any atom is -0.497 e. The van der Waals surface area contributed by atoms with Crippen LogP contribution in [0.15, 0.2) is 54.0 Å². The number of amides is 1. The van der Waals surface area contributed by atoms with E-state index in [0.29, 0.717) is 33.5 Å². The summed E-state index contributed by atoms with van der Waals surface area (Å²) in [7, 11) is 3.09. The first-order chi connectivity index (χ1) is 13.6. The van der Waals surface area contributed by atoms with Crippen LogP contribution in [0.1, 0.15) is 10.5 Å². The molecule has 0 aliphatic carbocycles. The van der Waals surface area contributed by atoms with Gasteiger partial charge in [-0.1, -0.05) is 0 Å². The molecule has 0 spiro atoms. The van der Waals surface area contributed by atoms with Crippen molar-refractivity contribution in [1.82, 2.24) is 9.38 Å². The van der Waals surface area contributed by atoms with E-state index in [9.17, 15) is 9.18 Å². The fourth-order valence-electron chi connectivity index (χ4n) is 2.78. The Bertz CT molecular complexity index is 1130. The Morgan fingerprint density at radius 3 is 2.43 bits per heavy atom. The Labute approximate surface area is 164 Å². The Morgan fingerprint density at radius 1 is 1.11 bits per heavy atom. The van der Waals surface area contributed by atoms with Crippen LogP contribution >= 0.6 is 11.3 Å². The van der Waals surface area contributed by atoms with Crippen molar-refractivity contribution in [3.8, 4) is 22.8 Å². The second-order valence-corrected chi connectivity index (χ2v) is 6.80. The molecule has 2 aromatic carbocycles. The Hall–Kier alpha value is -3.39. The van der Waals surface area contributed by atoms with E-state index in [1.54, 1.807) is 60.5 Å². The molecule has 142 valence electrons. The molecule has 0 unspecified atom stereocenters. The number of benzene rings is 2. The van der Waals surface area contributed by atoms with Gasteiger partial charge in [0.25, 0.3) is 5.91 Å². The van der Waals surface area contributed by atoms with Gasteiger partial charge in [0, 0.05) is 41.0 Å². The zero-order valence-electron chi connectivity index (χ0n) is 15.1. The Kier molecular flexibility index (Phi) is 4.70. The highest BCUT2D eigenvalue weighted by molar-refractivity contribution is 7.15. The van der Waals surface area contributed by atoms with Crippen LogP contribution in [-0.2, 0) is 0 Å². The summed E-state index contributed by atoms with van der Waals surface area (Å²) in [6, 6.07) is 11.2. The van der Waals surface area contributed by atoms with E-state index in [-0.39, 0.29) is 11.7 Å². The fraction of sp³-hybridized carbons (Fsp3) is 0.100. The van der Waals surface area contributed by atoms with E-state index in [4.69, 9.17) is 9.47 Å². The fourth-order valence-corrected chi connectivity index (χ4v) is 3.63. The molecule has 4 aromatic rings. The van der Waals surface area contributed by atoms with Crippen molar-refractivity contribution in [3.05, 3.63) is 65.6 Å². The van der Waals surface area contributed by atoms with Gasteiger partial charge in [-0.3, -0.25) is 9.20 Å². The molecule has 2 aromatic heterocycles. The monoisotopic (exact) mass is 397 g/mol. The third-order valence-corrected chi connectivity index (χ3v) is 5.03. The summed E-state index contributed by atoms with van der Waals surface area (Å²) in [4.78, 5) is 18.0. The number of hydrogen-bond acceptors (Lipinski definition) is 5. The van der Waals surface area contributed by atoms with E-state index in [1.165, 1.54) is 23.5 Å². The number of ether oxygens (including phenoxy) is 2. The predicted molar refractivity (Wildman–Crippen MR) is 106 cm³/mol. The average molecular weight is 397 g/mol. The molecule has 8 heteroatoms. The summed E-state index contributed by atoms with van der Waals surface area (Å²) in [6.45, 7) is 0. The molecule has 1 amide bonds. The molecular formula is C20H16FN3O3S. The van der Waals surface area contributed by atoms with Gasteiger partial charge >= 0.3 is 0 Å². The van der Waals surface area contributed by atoms with Gasteiger partial charge in [-0.2, -0.15) is 0 Å². The third-order valence-electron chi connectivity index (χ3n) is 4.19. The first kappa shape index (κ1) is 18.0. The smallest absolute Gasteiger partial charge is 0.273 e. The second kappa shape index (κ2) is 7.32. The summed E-state index contributed by atoms with van der Waals surface area (Å²) in [5, 5.41) is 4.59. The van der Waals surface area contributed by atoms with Crippen LogP contribution in [0.5, 0.6) is 11.5 Å². The number of nitrogens with one attached hydrogen (secondary N) is 1. The van der Waals surface area contributed by atoms with Crippen LogP contribution in [0.2, 0.25) is 0 Å². The average Bonchev–Trinajstić information content (AvgIpc) is 3.29. The number of carbonyl (C=O) groups excluding carboxylic acids is 1. The number of thiazole rings is 1. The first-order valence-electron chi connectivity index (χ1n) is 8.34. The number of fused-ring (bicyclic) bond motifs is 1. The number of rotatable bonds is 5. The van der Waals surface area contributed by atoms with Gasteiger partial charge in [0.2, 0.25) is 0 Å². The van der Waals surface area contributed by atoms with Gasteiger partial charge in [-0.05, 0) is 24.3 Å². The lowest BCUT2D eigenvalue weighted by Gasteiger charge is -2.09. The van der Waals surface area contributed by atoms with Gasteiger partial charge in [0.1, 0.15) is 23.0 Å². The summed E-state index contributed by atoms with van der Waals surface area (Å²) in [6.07, 6.45) is 1.76. The molecular weight excluding hydrogens is 381 g/mol. The molecule has 0 saturated heterocycles. The molecule has 28 heavy (non-hydrogen) atoms. The molecule has 0 aliphatic rings. The normalized spacial score (nSPS) is 10.8. The summed E-state index contributed by atoms with van der Waals surface area (Å²) in [5.41, 5.74) is 2.45. The summed E-state index contributed by atoms with van der Waals surface area (Å²) >= 11 is 1.35. The minimum atomic E-state index is -0.307. The van der Waals surface area contributed by atoms with Crippen LogP contribution in [0.25, 0.3) is 16.2 Å². The van der Waals surface area contributed by atoms with Crippen LogP contribution in [0, 0.1) is 5.82 Å². The highest BCUT2D eigenvalue weighted by Crippen LogP contribution is 2.27. The molecule has 0 radical (unpaired) electrons. The Balaban J connectivity index is 1.64. The van der Waals surface area contributed by atoms with Crippen LogP contribution in [-0.4, -0.2) is 29.5 Å². The summed E-state index contributed by atoms with van der Waals surface area (Å²) in [5.74, 6) is 0.556. The van der Waals surface area contributed by atoms with Gasteiger partial charge in [-0.25, -0.2) is 9.37 Å². The number of methoxy groups -OCH3 is 2. The number of imidazole rings is 1. The lowest BCUT2D eigenvalue weighted by Crippen LogP contribution is -2.14. The standard InChI is InChI=1S/C20H16FN3O3S/c1-26-15-7-14(8-16(9-15)27-2)22-19(25)18-11-28-20-23-17(10-24(18)20)12-3-5-13(21)6-4-12/h3-11H,1-2H3,(H,22,25). The van der Waals surface area contributed by atoms with E-state index < -0.39 is 0 Å². The summed E-state index contributed by atoms with van der Waals surface area (Å²) < 4.78 is 25.3. The van der Waals surface area contributed by atoms with Gasteiger partial charge in [-0.15, -0.1) is 11.3 Å². The molecule has 2 heterocycles. The molecule has 0 saturated carbocycles. The van der Waals surface area contributed by atoms with Gasteiger partial charge < -0.3 is 14.8 Å². The van der Waals surface area contributed by atoms with Crippen molar-refractivity contribution in [3.63, 3.8) is 0 Å². The number of aromatic nitrogens is 2. The highest BCUT2D eigenvalue weighted by atomic mass is 32.1. The lowest BCUT2D eigenvalue weighted by molar-refractivity contribution is 0.102. The quantitative estimate of drug-likeness (QED) is 0.540. The molecule has 6 nitrogen and oxygen atoms in total. The van der Waals surface area contributed by atoms with Crippen molar-refractivity contribution in [2.75, 3.05) is 19.5 Å².